The lowest BCUT2D eigenvalue weighted by molar-refractivity contribution is 0.414. The van der Waals surface area contributed by atoms with Crippen LogP contribution in [-0.2, 0) is 0 Å². The van der Waals surface area contributed by atoms with Crippen LogP contribution in [0.2, 0.25) is 0 Å². The number of hydrogen-bond donors (Lipinski definition) is 1. The first-order valence-corrected chi connectivity index (χ1v) is 6.17. The number of unbranched alkanes of at least 4 members (excludes halogenated alkanes) is 1. The van der Waals surface area contributed by atoms with E-state index in [2.05, 4.69) is 12.6 Å². The zero-order chi connectivity index (χ0) is 8.65. The number of hydrogen-bond acceptors (Lipinski definition) is 1. The van der Waals surface area contributed by atoms with E-state index in [-0.39, 0.29) is 0 Å². The Kier molecular flexibility index (Phi) is 5.93. The second kappa shape index (κ2) is 6.82. The van der Waals surface area contributed by atoms with Crippen molar-refractivity contribution in [3.63, 3.8) is 0 Å². The van der Waals surface area contributed by atoms with Crippen LogP contribution in [0, 0.1) is 5.92 Å². The Hall–Kier alpha value is 0.350. The molecule has 0 aromatic carbocycles. The Morgan fingerprint density at radius 1 is 0.917 bits per heavy atom. The molecule has 1 rings (SSSR count). The van der Waals surface area contributed by atoms with E-state index >= 15 is 0 Å². The maximum atomic E-state index is 4.24. The largest absolute Gasteiger partial charge is 0.179 e. The quantitative estimate of drug-likeness (QED) is 0.382. The molecule has 0 aromatic heterocycles. The highest BCUT2D eigenvalue weighted by molar-refractivity contribution is 7.80. The summed E-state index contributed by atoms with van der Waals surface area (Å²) in [7, 11) is 0. The molecule has 0 nitrogen and oxygen atoms in total. The molecule has 1 saturated carbocycles. The van der Waals surface area contributed by atoms with Crippen LogP contribution in [0.4, 0.5) is 0 Å². The molecule has 0 bridgehead atoms. The summed E-state index contributed by atoms with van der Waals surface area (Å²) >= 11 is 4.24. The van der Waals surface area contributed by atoms with E-state index in [4.69, 9.17) is 0 Å². The summed E-state index contributed by atoms with van der Waals surface area (Å²) in [6.45, 7) is 0. The van der Waals surface area contributed by atoms with E-state index in [0.29, 0.717) is 0 Å². The van der Waals surface area contributed by atoms with Crippen LogP contribution < -0.4 is 0 Å². The molecule has 0 aliphatic heterocycles. The summed E-state index contributed by atoms with van der Waals surface area (Å²) < 4.78 is 0. The Labute approximate surface area is 82.5 Å². The molecule has 0 spiro atoms. The van der Waals surface area contributed by atoms with Crippen LogP contribution in [0.15, 0.2) is 0 Å². The fraction of sp³-hybridized carbons (Fsp3) is 1.00. The van der Waals surface area contributed by atoms with Crippen molar-refractivity contribution in [2.75, 3.05) is 5.75 Å². The summed E-state index contributed by atoms with van der Waals surface area (Å²) in [6, 6.07) is 0. The Morgan fingerprint density at radius 2 is 1.58 bits per heavy atom. The maximum Gasteiger partial charge on any atom is -0.00979 e. The van der Waals surface area contributed by atoms with Crippen LogP contribution >= 0.6 is 12.6 Å². The molecule has 0 aromatic rings. The molecule has 0 atom stereocenters. The monoisotopic (exact) mass is 186 g/mol. The Balaban J connectivity index is 2.04. The topological polar surface area (TPSA) is 0 Å². The molecule has 0 saturated heterocycles. The van der Waals surface area contributed by atoms with Gasteiger partial charge in [0, 0.05) is 0 Å². The van der Waals surface area contributed by atoms with Crippen molar-refractivity contribution >= 4 is 12.6 Å². The molecule has 0 N–H and O–H groups in total. The van der Waals surface area contributed by atoms with Crippen molar-refractivity contribution in [3.8, 4) is 0 Å². The minimum atomic E-state index is 1.06. The van der Waals surface area contributed by atoms with Gasteiger partial charge < -0.3 is 0 Å². The van der Waals surface area contributed by atoms with Gasteiger partial charge in [0.2, 0.25) is 0 Å². The fourth-order valence-corrected chi connectivity index (χ4v) is 2.42. The summed E-state index contributed by atoms with van der Waals surface area (Å²) in [4.78, 5) is 0. The molecule has 0 radical (unpaired) electrons. The lowest BCUT2D eigenvalue weighted by Gasteiger charge is -2.12. The minimum absolute atomic E-state index is 1.06. The molecule has 1 heteroatoms. The van der Waals surface area contributed by atoms with Crippen molar-refractivity contribution in [1.82, 2.24) is 0 Å². The first-order valence-electron chi connectivity index (χ1n) is 5.54. The lowest BCUT2D eigenvalue weighted by atomic mass is 9.94. The lowest BCUT2D eigenvalue weighted by Crippen LogP contribution is -1.98. The molecule has 1 aliphatic carbocycles. The van der Waals surface area contributed by atoms with E-state index in [1.807, 2.05) is 0 Å². The van der Waals surface area contributed by atoms with Gasteiger partial charge in [-0.25, -0.2) is 0 Å². The molecule has 0 amide bonds. The highest BCUT2D eigenvalue weighted by Crippen LogP contribution is 2.26. The Morgan fingerprint density at radius 3 is 2.17 bits per heavy atom. The van der Waals surface area contributed by atoms with Crippen molar-refractivity contribution in [1.29, 1.82) is 0 Å². The Bertz CT molecular complexity index is 93.2. The first kappa shape index (κ1) is 10.4. The van der Waals surface area contributed by atoms with Crippen LogP contribution in [0.5, 0.6) is 0 Å². The molecule has 12 heavy (non-hydrogen) atoms. The standard InChI is InChI=1S/C11H22S/c12-10-6-5-9-11-7-3-1-2-4-8-11/h11-12H,1-10H2. The summed E-state index contributed by atoms with van der Waals surface area (Å²) in [6.07, 6.45) is 13.2. The normalized spacial score (nSPS) is 20.8. The third-order valence-electron chi connectivity index (χ3n) is 3.00. The molecular formula is C11H22S. The van der Waals surface area contributed by atoms with E-state index in [0.717, 1.165) is 11.7 Å². The van der Waals surface area contributed by atoms with Gasteiger partial charge >= 0.3 is 0 Å². The van der Waals surface area contributed by atoms with Crippen molar-refractivity contribution in [2.24, 2.45) is 5.92 Å². The highest BCUT2D eigenvalue weighted by atomic mass is 32.1. The molecule has 72 valence electrons. The van der Waals surface area contributed by atoms with Gasteiger partial charge in [0.1, 0.15) is 0 Å². The van der Waals surface area contributed by atoms with Gasteiger partial charge in [-0.3, -0.25) is 0 Å². The molecule has 1 aliphatic rings. The van der Waals surface area contributed by atoms with Crippen molar-refractivity contribution < 1.29 is 0 Å². The van der Waals surface area contributed by atoms with Gasteiger partial charge in [0.15, 0.2) is 0 Å². The van der Waals surface area contributed by atoms with Gasteiger partial charge in [0.05, 0.1) is 0 Å². The predicted molar refractivity (Wildman–Crippen MR) is 58.9 cm³/mol. The van der Waals surface area contributed by atoms with Crippen LogP contribution in [-0.4, -0.2) is 5.75 Å². The van der Waals surface area contributed by atoms with Crippen LogP contribution in [0.1, 0.15) is 57.8 Å². The van der Waals surface area contributed by atoms with Gasteiger partial charge in [-0.15, -0.1) is 0 Å². The van der Waals surface area contributed by atoms with Crippen LogP contribution in [0.3, 0.4) is 0 Å². The second-order valence-corrected chi connectivity index (χ2v) is 4.52. The highest BCUT2D eigenvalue weighted by Gasteiger charge is 2.10. The third-order valence-corrected chi connectivity index (χ3v) is 3.31. The van der Waals surface area contributed by atoms with Gasteiger partial charge in [0.25, 0.3) is 0 Å². The zero-order valence-corrected chi connectivity index (χ0v) is 8.99. The first-order chi connectivity index (χ1) is 5.93. The van der Waals surface area contributed by atoms with E-state index in [1.54, 1.807) is 0 Å². The summed E-state index contributed by atoms with van der Waals surface area (Å²) in [5, 5.41) is 0. The van der Waals surface area contributed by atoms with Crippen LogP contribution in [0.25, 0.3) is 0 Å². The molecule has 0 heterocycles. The molecular weight excluding hydrogens is 164 g/mol. The predicted octanol–water partition coefficient (Wildman–Crippen LogP) is 4.06. The SMILES string of the molecule is SCCCCC1CCCCCC1. The second-order valence-electron chi connectivity index (χ2n) is 4.08. The van der Waals surface area contributed by atoms with E-state index in [9.17, 15) is 0 Å². The van der Waals surface area contributed by atoms with Crippen molar-refractivity contribution in [3.05, 3.63) is 0 Å². The zero-order valence-electron chi connectivity index (χ0n) is 8.10. The van der Waals surface area contributed by atoms with Gasteiger partial charge in [-0.05, 0) is 18.1 Å². The smallest absolute Gasteiger partial charge is 0.00979 e. The summed E-state index contributed by atoms with van der Waals surface area (Å²) in [5.74, 6) is 2.14. The fourth-order valence-electron chi connectivity index (χ4n) is 2.20. The molecule has 0 unspecified atom stereocenters. The van der Waals surface area contributed by atoms with E-state index in [1.165, 1.54) is 57.8 Å². The molecule has 1 fully saturated rings. The minimum Gasteiger partial charge on any atom is -0.179 e. The number of thiol groups is 1. The van der Waals surface area contributed by atoms with Gasteiger partial charge in [-0.1, -0.05) is 51.4 Å². The van der Waals surface area contributed by atoms with Crippen molar-refractivity contribution in [2.45, 2.75) is 57.8 Å². The average Bonchev–Trinajstić information content (AvgIpc) is 2.33. The number of rotatable bonds is 4. The third kappa shape index (κ3) is 4.39. The van der Waals surface area contributed by atoms with Gasteiger partial charge in [-0.2, -0.15) is 12.6 Å². The maximum absolute atomic E-state index is 4.24. The van der Waals surface area contributed by atoms with E-state index < -0.39 is 0 Å². The summed E-state index contributed by atoms with van der Waals surface area (Å²) in [5.41, 5.74) is 0. The average molecular weight is 186 g/mol.